The lowest BCUT2D eigenvalue weighted by atomic mass is 9.84. The van der Waals surface area contributed by atoms with Crippen molar-refractivity contribution < 1.29 is 14.7 Å². The summed E-state index contributed by atoms with van der Waals surface area (Å²) in [7, 11) is 0. The summed E-state index contributed by atoms with van der Waals surface area (Å²) in [4.78, 5) is 25.8. The summed E-state index contributed by atoms with van der Waals surface area (Å²) in [6.45, 7) is 2.30. The van der Waals surface area contributed by atoms with Crippen LogP contribution in [-0.4, -0.2) is 48.1 Å². The highest BCUT2D eigenvalue weighted by Gasteiger charge is 2.25. The number of hydrogen-bond acceptors (Lipinski definition) is 3. The zero-order chi connectivity index (χ0) is 16.2. The molecule has 0 bridgehead atoms. The maximum atomic E-state index is 11.5. The molecule has 1 aromatic rings. The topological polar surface area (TPSA) is 60.9 Å². The maximum Gasteiger partial charge on any atom is 0.394 e. The smallest absolute Gasteiger partial charge is 0.394 e. The summed E-state index contributed by atoms with van der Waals surface area (Å²) in [6.07, 6.45) is 6.65. The van der Waals surface area contributed by atoms with Crippen LogP contribution >= 0.6 is 0 Å². The molecule has 5 nitrogen and oxygen atoms in total. The molecule has 1 amide bonds. The molecule has 2 fully saturated rings. The first-order chi connectivity index (χ1) is 11.1. The van der Waals surface area contributed by atoms with Crippen molar-refractivity contribution in [1.82, 2.24) is 4.90 Å². The number of carbonyl (C=O) groups excluding carboxylic acids is 1. The van der Waals surface area contributed by atoms with E-state index < -0.39 is 11.9 Å². The number of piperazine rings is 1. The number of rotatable bonds is 2. The number of anilines is 1. The first-order valence-electron chi connectivity index (χ1n) is 8.52. The Morgan fingerprint density at radius 3 is 2.09 bits per heavy atom. The summed E-state index contributed by atoms with van der Waals surface area (Å²) in [6, 6.07) is 8.80. The third-order valence-corrected chi connectivity index (χ3v) is 5.08. The molecule has 1 aliphatic carbocycles. The molecular weight excluding hydrogens is 292 g/mol. The minimum atomic E-state index is -1.37. The molecule has 0 unspecified atom stereocenters. The zero-order valence-electron chi connectivity index (χ0n) is 13.4. The van der Waals surface area contributed by atoms with Gasteiger partial charge in [0.05, 0.1) is 0 Å². The Morgan fingerprint density at radius 2 is 1.52 bits per heavy atom. The van der Waals surface area contributed by atoms with Crippen molar-refractivity contribution >= 4 is 17.6 Å². The Bertz CT molecular complexity index is 556. The molecule has 1 saturated heterocycles. The molecule has 0 aromatic heterocycles. The largest absolute Gasteiger partial charge is 0.474 e. The molecular formula is C18H24N2O3. The number of nitrogens with zero attached hydrogens (tertiary/aromatic N) is 2. The lowest BCUT2D eigenvalue weighted by molar-refractivity contribution is -0.156. The summed E-state index contributed by atoms with van der Waals surface area (Å²) < 4.78 is 0. The quantitative estimate of drug-likeness (QED) is 0.852. The van der Waals surface area contributed by atoms with E-state index in [9.17, 15) is 9.59 Å². The van der Waals surface area contributed by atoms with Crippen molar-refractivity contribution in [3.05, 3.63) is 29.8 Å². The summed E-state index contributed by atoms with van der Waals surface area (Å²) in [5.41, 5.74) is 2.60. The van der Waals surface area contributed by atoms with Crippen LogP contribution in [0.3, 0.4) is 0 Å². The third-order valence-electron chi connectivity index (χ3n) is 5.08. The molecule has 0 radical (unpaired) electrons. The molecule has 23 heavy (non-hydrogen) atoms. The maximum absolute atomic E-state index is 11.5. The number of hydrogen-bond donors (Lipinski definition) is 1. The Morgan fingerprint density at radius 1 is 0.913 bits per heavy atom. The van der Waals surface area contributed by atoms with Gasteiger partial charge in [0.1, 0.15) is 0 Å². The van der Waals surface area contributed by atoms with Crippen LogP contribution in [0.4, 0.5) is 5.69 Å². The van der Waals surface area contributed by atoms with Crippen LogP contribution in [0.5, 0.6) is 0 Å². The van der Waals surface area contributed by atoms with Crippen molar-refractivity contribution in [2.75, 3.05) is 31.1 Å². The van der Waals surface area contributed by atoms with E-state index in [1.54, 1.807) is 0 Å². The number of carbonyl (C=O) groups is 2. The van der Waals surface area contributed by atoms with Crippen molar-refractivity contribution in [2.24, 2.45) is 0 Å². The first-order valence-corrected chi connectivity index (χ1v) is 8.52. The first kappa shape index (κ1) is 15.8. The van der Waals surface area contributed by atoms with E-state index in [1.807, 2.05) is 0 Å². The molecule has 1 aromatic carbocycles. The fraction of sp³-hybridized carbons (Fsp3) is 0.556. The van der Waals surface area contributed by atoms with Crippen LogP contribution in [-0.2, 0) is 9.59 Å². The lowest BCUT2D eigenvalue weighted by Crippen LogP contribution is -2.50. The third kappa shape index (κ3) is 3.66. The Kier molecular flexibility index (Phi) is 4.84. The van der Waals surface area contributed by atoms with Gasteiger partial charge in [-0.15, -0.1) is 0 Å². The van der Waals surface area contributed by atoms with E-state index in [0.29, 0.717) is 32.1 Å². The second-order valence-electron chi connectivity index (χ2n) is 6.51. The van der Waals surface area contributed by atoms with E-state index in [4.69, 9.17) is 5.11 Å². The highest BCUT2D eigenvalue weighted by atomic mass is 16.4. The van der Waals surface area contributed by atoms with Crippen LogP contribution in [0.15, 0.2) is 24.3 Å². The predicted octanol–water partition coefficient (Wildman–Crippen LogP) is 2.47. The Hall–Kier alpha value is -2.04. The zero-order valence-corrected chi connectivity index (χ0v) is 13.4. The summed E-state index contributed by atoms with van der Waals surface area (Å²) in [5, 5.41) is 8.77. The molecule has 1 N–H and O–H groups in total. The van der Waals surface area contributed by atoms with Crippen LogP contribution < -0.4 is 4.90 Å². The average Bonchev–Trinajstić information content (AvgIpc) is 2.62. The van der Waals surface area contributed by atoms with Gasteiger partial charge >= 0.3 is 11.9 Å². The van der Waals surface area contributed by atoms with Crippen molar-refractivity contribution in [1.29, 1.82) is 0 Å². The van der Waals surface area contributed by atoms with Crippen LogP contribution in [0, 0.1) is 0 Å². The summed E-state index contributed by atoms with van der Waals surface area (Å²) in [5.74, 6) is -1.45. The SMILES string of the molecule is O=C(O)C(=O)N1CCN(c2ccc(C3CCCCC3)cc2)CC1. The van der Waals surface area contributed by atoms with Gasteiger partial charge in [0.2, 0.25) is 0 Å². The highest BCUT2D eigenvalue weighted by molar-refractivity contribution is 6.31. The molecule has 0 spiro atoms. The standard InChI is InChI=1S/C18H24N2O3/c21-17(18(22)23)20-12-10-19(11-13-20)16-8-6-15(7-9-16)14-4-2-1-3-5-14/h6-9,14H,1-5,10-13H2,(H,22,23). The number of aliphatic carboxylic acids is 1. The minimum Gasteiger partial charge on any atom is -0.474 e. The van der Waals surface area contributed by atoms with E-state index >= 15 is 0 Å². The van der Waals surface area contributed by atoms with Gasteiger partial charge in [-0.3, -0.25) is 4.79 Å². The van der Waals surface area contributed by atoms with E-state index in [0.717, 1.165) is 5.69 Å². The number of benzene rings is 1. The number of amides is 1. The van der Waals surface area contributed by atoms with Gasteiger partial charge in [0, 0.05) is 31.9 Å². The van der Waals surface area contributed by atoms with Gasteiger partial charge < -0.3 is 14.9 Å². The van der Waals surface area contributed by atoms with Crippen LogP contribution in [0.1, 0.15) is 43.6 Å². The molecule has 3 rings (SSSR count). The average molecular weight is 316 g/mol. The van der Waals surface area contributed by atoms with Gasteiger partial charge in [-0.2, -0.15) is 0 Å². The highest BCUT2D eigenvalue weighted by Crippen LogP contribution is 2.33. The fourth-order valence-electron chi connectivity index (χ4n) is 3.70. The predicted molar refractivity (Wildman–Crippen MR) is 88.7 cm³/mol. The number of carboxylic acids is 1. The fourth-order valence-corrected chi connectivity index (χ4v) is 3.70. The van der Waals surface area contributed by atoms with Gasteiger partial charge in [-0.25, -0.2) is 4.79 Å². The Balaban J connectivity index is 1.58. The summed E-state index contributed by atoms with van der Waals surface area (Å²) >= 11 is 0. The second-order valence-corrected chi connectivity index (χ2v) is 6.51. The van der Waals surface area contributed by atoms with Crippen molar-refractivity contribution in [3.8, 4) is 0 Å². The monoisotopic (exact) mass is 316 g/mol. The van der Waals surface area contributed by atoms with E-state index in [-0.39, 0.29) is 0 Å². The van der Waals surface area contributed by atoms with Crippen LogP contribution in [0.25, 0.3) is 0 Å². The molecule has 2 aliphatic rings. The van der Waals surface area contributed by atoms with Crippen molar-refractivity contribution in [3.63, 3.8) is 0 Å². The molecule has 1 aliphatic heterocycles. The lowest BCUT2D eigenvalue weighted by Gasteiger charge is -2.35. The normalized spacial score (nSPS) is 19.7. The van der Waals surface area contributed by atoms with Crippen LogP contribution in [0.2, 0.25) is 0 Å². The molecule has 1 heterocycles. The molecule has 1 saturated carbocycles. The van der Waals surface area contributed by atoms with Gasteiger partial charge in [-0.05, 0) is 36.5 Å². The van der Waals surface area contributed by atoms with Gasteiger partial charge in [0.15, 0.2) is 0 Å². The van der Waals surface area contributed by atoms with Gasteiger partial charge in [0.25, 0.3) is 0 Å². The molecule has 5 heteroatoms. The van der Waals surface area contributed by atoms with E-state index in [1.165, 1.54) is 42.6 Å². The second kappa shape index (κ2) is 7.02. The Labute approximate surface area is 136 Å². The molecule has 124 valence electrons. The van der Waals surface area contributed by atoms with Gasteiger partial charge in [-0.1, -0.05) is 31.4 Å². The minimum absolute atomic E-state index is 0.468. The number of carboxylic acid groups (broad SMARTS) is 1. The molecule has 0 atom stereocenters. The van der Waals surface area contributed by atoms with Crippen molar-refractivity contribution in [2.45, 2.75) is 38.0 Å². The van der Waals surface area contributed by atoms with E-state index in [2.05, 4.69) is 29.2 Å².